The minimum atomic E-state index is 0.808. The zero-order valence-corrected chi connectivity index (χ0v) is 11.1. The van der Waals surface area contributed by atoms with Crippen LogP contribution in [0.5, 0.6) is 0 Å². The molecule has 1 aromatic rings. The maximum atomic E-state index is 4.14. The van der Waals surface area contributed by atoms with Gasteiger partial charge in [-0.05, 0) is 45.7 Å². The standard InChI is InChI=1S/C11H16BrNS/c1-9(2)3-4-14-8-10-5-11(12)7-13-6-10/h5-7,9H,3-4,8H2,1-2H3. The number of hydrogen-bond donors (Lipinski definition) is 0. The van der Waals surface area contributed by atoms with Gasteiger partial charge in [0.25, 0.3) is 0 Å². The summed E-state index contributed by atoms with van der Waals surface area (Å²) in [5.74, 6) is 3.12. The SMILES string of the molecule is CC(C)CCSCc1cncc(Br)c1. The Balaban J connectivity index is 2.25. The molecule has 0 radical (unpaired) electrons. The molecule has 0 aliphatic rings. The second-order valence-corrected chi connectivity index (χ2v) is 5.77. The highest BCUT2D eigenvalue weighted by Gasteiger charge is 1.97. The van der Waals surface area contributed by atoms with E-state index in [4.69, 9.17) is 0 Å². The molecule has 3 heteroatoms. The third kappa shape index (κ3) is 5.01. The van der Waals surface area contributed by atoms with Crippen LogP contribution in [0, 0.1) is 5.92 Å². The average molecular weight is 274 g/mol. The lowest BCUT2D eigenvalue weighted by Gasteiger charge is -2.04. The molecule has 78 valence electrons. The van der Waals surface area contributed by atoms with Crippen molar-refractivity contribution < 1.29 is 0 Å². The zero-order valence-electron chi connectivity index (χ0n) is 8.66. The maximum absolute atomic E-state index is 4.14. The predicted octanol–water partition coefficient (Wildman–Crippen LogP) is 4.12. The monoisotopic (exact) mass is 273 g/mol. The van der Waals surface area contributed by atoms with Crippen LogP contribution in [0.4, 0.5) is 0 Å². The van der Waals surface area contributed by atoms with Gasteiger partial charge in [-0.15, -0.1) is 0 Å². The number of thioether (sulfide) groups is 1. The fraction of sp³-hybridized carbons (Fsp3) is 0.545. The number of pyridine rings is 1. The molecule has 1 aromatic heterocycles. The van der Waals surface area contributed by atoms with Gasteiger partial charge >= 0.3 is 0 Å². The van der Waals surface area contributed by atoms with Crippen LogP contribution in [0.15, 0.2) is 22.9 Å². The minimum absolute atomic E-state index is 0.808. The second-order valence-electron chi connectivity index (χ2n) is 3.75. The molecule has 0 atom stereocenters. The molecule has 0 aliphatic heterocycles. The molecule has 14 heavy (non-hydrogen) atoms. The van der Waals surface area contributed by atoms with E-state index in [1.54, 1.807) is 0 Å². The highest BCUT2D eigenvalue weighted by Crippen LogP contribution is 2.17. The molecular weight excluding hydrogens is 258 g/mol. The molecule has 0 aliphatic carbocycles. The van der Waals surface area contributed by atoms with Crippen LogP contribution >= 0.6 is 27.7 Å². The average Bonchev–Trinajstić information content (AvgIpc) is 2.12. The normalized spacial score (nSPS) is 10.9. The van der Waals surface area contributed by atoms with Crippen molar-refractivity contribution >= 4 is 27.7 Å². The molecule has 0 amide bonds. The van der Waals surface area contributed by atoms with Crippen molar-refractivity contribution in [1.82, 2.24) is 4.98 Å². The molecule has 0 bridgehead atoms. The quantitative estimate of drug-likeness (QED) is 0.749. The van der Waals surface area contributed by atoms with Crippen LogP contribution in [0.25, 0.3) is 0 Å². The molecule has 1 heterocycles. The first-order valence-corrected chi connectivity index (χ1v) is 6.80. The van der Waals surface area contributed by atoms with Gasteiger partial charge in [0.1, 0.15) is 0 Å². The van der Waals surface area contributed by atoms with Crippen molar-refractivity contribution in [3.63, 3.8) is 0 Å². The Morgan fingerprint density at radius 2 is 2.21 bits per heavy atom. The summed E-state index contributed by atoms with van der Waals surface area (Å²) in [6.45, 7) is 4.53. The first-order chi connectivity index (χ1) is 6.68. The Labute approximate surface area is 98.8 Å². The summed E-state index contributed by atoms with van der Waals surface area (Å²) in [5.41, 5.74) is 1.30. The van der Waals surface area contributed by atoms with Crippen LogP contribution in [0.3, 0.4) is 0 Å². The van der Waals surface area contributed by atoms with E-state index in [2.05, 4.69) is 40.8 Å². The van der Waals surface area contributed by atoms with Gasteiger partial charge in [0.05, 0.1) is 0 Å². The minimum Gasteiger partial charge on any atom is -0.263 e. The van der Waals surface area contributed by atoms with E-state index in [-0.39, 0.29) is 0 Å². The van der Waals surface area contributed by atoms with Crippen LogP contribution in [0.1, 0.15) is 25.8 Å². The maximum Gasteiger partial charge on any atom is 0.0410 e. The van der Waals surface area contributed by atoms with E-state index >= 15 is 0 Å². The lowest BCUT2D eigenvalue weighted by atomic mass is 10.2. The van der Waals surface area contributed by atoms with E-state index in [1.807, 2.05) is 24.2 Å². The van der Waals surface area contributed by atoms with Crippen molar-refractivity contribution in [2.45, 2.75) is 26.0 Å². The topological polar surface area (TPSA) is 12.9 Å². The molecule has 0 spiro atoms. The van der Waals surface area contributed by atoms with Crippen LogP contribution in [0.2, 0.25) is 0 Å². The van der Waals surface area contributed by atoms with Crippen molar-refractivity contribution in [2.75, 3.05) is 5.75 Å². The Hall–Kier alpha value is -0.0200. The van der Waals surface area contributed by atoms with E-state index in [1.165, 1.54) is 17.7 Å². The summed E-state index contributed by atoms with van der Waals surface area (Å²) < 4.78 is 1.07. The first kappa shape index (κ1) is 12.1. The molecule has 1 nitrogen and oxygen atoms in total. The fourth-order valence-corrected chi connectivity index (χ4v) is 2.63. The van der Waals surface area contributed by atoms with Crippen molar-refractivity contribution in [3.8, 4) is 0 Å². The van der Waals surface area contributed by atoms with Gasteiger partial charge in [0, 0.05) is 22.6 Å². The summed E-state index contributed by atoms with van der Waals surface area (Å²) in [5, 5.41) is 0. The Morgan fingerprint density at radius 3 is 2.86 bits per heavy atom. The number of hydrogen-bond acceptors (Lipinski definition) is 2. The molecule has 0 N–H and O–H groups in total. The van der Waals surface area contributed by atoms with Gasteiger partial charge < -0.3 is 0 Å². The molecule has 1 rings (SSSR count). The van der Waals surface area contributed by atoms with E-state index < -0.39 is 0 Å². The molecular formula is C11H16BrNS. The highest BCUT2D eigenvalue weighted by atomic mass is 79.9. The lowest BCUT2D eigenvalue weighted by molar-refractivity contribution is 0.632. The van der Waals surface area contributed by atoms with Gasteiger partial charge in [-0.3, -0.25) is 4.98 Å². The smallest absolute Gasteiger partial charge is 0.0410 e. The summed E-state index contributed by atoms with van der Waals surface area (Å²) in [6, 6.07) is 2.13. The summed E-state index contributed by atoms with van der Waals surface area (Å²) >= 11 is 5.41. The van der Waals surface area contributed by atoms with Crippen LogP contribution < -0.4 is 0 Å². The number of halogens is 1. The lowest BCUT2D eigenvalue weighted by Crippen LogP contribution is -1.90. The Kier molecular flexibility index (Phi) is 5.56. The van der Waals surface area contributed by atoms with Crippen LogP contribution in [-0.2, 0) is 5.75 Å². The van der Waals surface area contributed by atoms with E-state index in [0.29, 0.717) is 0 Å². The summed E-state index contributed by atoms with van der Waals surface area (Å²) in [7, 11) is 0. The van der Waals surface area contributed by atoms with Crippen molar-refractivity contribution in [3.05, 3.63) is 28.5 Å². The predicted molar refractivity (Wildman–Crippen MR) is 67.6 cm³/mol. The molecule has 0 fully saturated rings. The molecule has 0 saturated heterocycles. The Bertz CT molecular complexity index is 276. The molecule has 0 saturated carbocycles. The third-order valence-corrected chi connectivity index (χ3v) is 3.37. The molecule has 0 unspecified atom stereocenters. The summed E-state index contributed by atoms with van der Waals surface area (Å²) in [6.07, 6.45) is 5.06. The molecule has 0 aromatic carbocycles. The zero-order chi connectivity index (χ0) is 10.4. The van der Waals surface area contributed by atoms with Crippen LogP contribution in [-0.4, -0.2) is 10.7 Å². The highest BCUT2D eigenvalue weighted by molar-refractivity contribution is 9.10. The Morgan fingerprint density at radius 1 is 1.43 bits per heavy atom. The second kappa shape index (κ2) is 6.46. The van der Waals surface area contributed by atoms with Gasteiger partial charge in [-0.1, -0.05) is 13.8 Å². The number of aromatic nitrogens is 1. The van der Waals surface area contributed by atoms with E-state index in [0.717, 1.165) is 16.1 Å². The number of rotatable bonds is 5. The third-order valence-electron chi connectivity index (χ3n) is 1.87. The summed E-state index contributed by atoms with van der Waals surface area (Å²) in [4.78, 5) is 4.14. The first-order valence-electron chi connectivity index (χ1n) is 4.85. The van der Waals surface area contributed by atoms with Gasteiger partial charge in [0.2, 0.25) is 0 Å². The largest absolute Gasteiger partial charge is 0.263 e. The van der Waals surface area contributed by atoms with Crippen molar-refractivity contribution in [1.29, 1.82) is 0 Å². The van der Waals surface area contributed by atoms with E-state index in [9.17, 15) is 0 Å². The van der Waals surface area contributed by atoms with Gasteiger partial charge in [0.15, 0.2) is 0 Å². The van der Waals surface area contributed by atoms with Crippen molar-refractivity contribution in [2.24, 2.45) is 5.92 Å². The fourth-order valence-electron chi connectivity index (χ4n) is 1.04. The van der Waals surface area contributed by atoms with Gasteiger partial charge in [-0.25, -0.2) is 0 Å². The van der Waals surface area contributed by atoms with Gasteiger partial charge in [-0.2, -0.15) is 11.8 Å². The number of nitrogens with zero attached hydrogens (tertiary/aromatic N) is 1.